The van der Waals surface area contributed by atoms with Crippen LogP contribution in [0.3, 0.4) is 0 Å². The molecule has 3 aromatic rings. The summed E-state index contributed by atoms with van der Waals surface area (Å²) in [7, 11) is 0. The first-order valence-corrected chi connectivity index (χ1v) is 7.78. The highest BCUT2D eigenvalue weighted by Gasteiger charge is 2.24. The normalized spacial score (nSPS) is 13.3. The molecule has 1 aromatic carbocycles. The second kappa shape index (κ2) is 5.81. The minimum atomic E-state index is -0.297. The molecule has 1 amide bonds. The van der Waals surface area contributed by atoms with Crippen molar-refractivity contribution in [3.63, 3.8) is 0 Å². The topological polar surface area (TPSA) is 83.3 Å². The molecule has 0 spiro atoms. The number of carbonyl (C=O) groups excluding carboxylic acids is 1. The molecule has 0 unspecified atom stereocenters. The number of hydrazone groups is 1. The van der Waals surface area contributed by atoms with Gasteiger partial charge in [-0.3, -0.25) is 9.89 Å². The number of rotatable bonds is 3. The van der Waals surface area contributed by atoms with Gasteiger partial charge in [0.25, 0.3) is 5.91 Å². The minimum Gasteiger partial charge on any atom is -0.463 e. The molecule has 0 saturated carbocycles. The fraction of sp³-hybridized carbons (Fsp3) is 0.167. The number of aromatic nitrogens is 2. The van der Waals surface area contributed by atoms with Gasteiger partial charge in [0.05, 0.1) is 12.0 Å². The molecule has 0 saturated heterocycles. The molecule has 1 aliphatic rings. The Morgan fingerprint density at radius 3 is 2.96 bits per heavy atom. The Labute approximate surface area is 138 Å². The van der Waals surface area contributed by atoms with E-state index in [1.807, 2.05) is 18.2 Å². The number of hydrogen-bond donors (Lipinski definition) is 2. The van der Waals surface area contributed by atoms with Gasteiger partial charge in [-0.2, -0.15) is 10.2 Å². The van der Waals surface area contributed by atoms with Gasteiger partial charge < -0.3 is 4.42 Å². The zero-order valence-electron chi connectivity index (χ0n) is 13.2. The molecule has 24 heavy (non-hydrogen) atoms. The monoisotopic (exact) mass is 320 g/mol. The van der Waals surface area contributed by atoms with E-state index in [0.29, 0.717) is 17.2 Å². The third-order valence-electron chi connectivity index (χ3n) is 4.21. The summed E-state index contributed by atoms with van der Waals surface area (Å²) in [4.78, 5) is 12.4. The quantitative estimate of drug-likeness (QED) is 0.575. The highest BCUT2D eigenvalue weighted by atomic mass is 16.3. The Bertz CT molecular complexity index is 922. The first-order chi connectivity index (χ1) is 11.7. The Hall–Kier alpha value is -3.15. The fourth-order valence-electron chi connectivity index (χ4n) is 2.98. The number of nitrogens with one attached hydrogen (secondary N) is 2. The zero-order chi connectivity index (χ0) is 16.5. The molecule has 0 aliphatic heterocycles. The maximum atomic E-state index is 12.4. The third-order valence-corrected chi connectivity index (χ3v) is 4.21. The van der Waals surface area contributed by atoms with Crippen molar-refractivity contribution in [2.45, 2.75) is 19.8 Å². The van der Waals surface area contributed by atoms with Crippen molar-refractivity contribution in [3.8, 4) is 11.3 Å². The molecule has 2 N–H and O–H groups in total. The first kappa shape index (κ1) is 14.4. The lowest BCUT2D eigenvalue weighted by Crippen LogP contribution is -2.21. The number of amides is 1. The summed E-state index contributed by atoms with van der Waals surface area (Å²) in [6.07, 6.45) is 3.25. The molecule has 6 nitrogen and oxygen atoms in total. The first-order valence-electron chi connectivity index (χ1n) is 7.78. The molecular formula is C18H16N4O2. The largest absolute Gasteiger partial charge is 0.463 e. The van der Waals surface area contributed by atoms with Gasteiger partial charge in [-0.05, 0) is 37.5 Å². The van der Waals surface area contributed by atoms with Gasteiger partial charge in [-0.15, -0.1) is 0 Å². The Kier molecular flexibility index (Phi) is 3.49. The Morgan fingerprint density at radius 2 is 2.12 bits per heavy atom. The Balaban J connectivity index is 1.59. The van der Waals surface area contributed by atoms with Crippen LogP contribution < -0.4 is 5.43 Å². The average molecular weight is 320 g/mol. The summed E-state index contributed by atoms with van der Waals surface area (Å²) < 4.78 is 5.25. The van der Waals surface area contributed by atoms with Crippen LogP contribution in [-0.4, -0.2) is 21.8 Å². The van der Waals surface area contributed by atoms with Crippen molar-refractivity contribution >= 4 is 11.6 Å². The third kappa shape index (κ3) is 2.42. The van der Waals surface area contributed by atoms with E-state index in [9.17, 15) is 4.79 Å². The molecule has 120 valence electrons. The van der Waals surface area contributed by atoms with Crippen molar-refractivity contribution in [2.24, 2.45) is 5.10 Å². The maximum absolute atomic E-state index is 12.4. The van der Waals surface area contributed by atoms with Crippen molar-refractivity contribution in [1.82, 2.24) is 15.6 Å². The van der Waals surface area contributed by atoms with Crippen LogP contribution in [0.15, 0.2) is 52.2 Å². The lowest BCUT2D eigenvalue weighted by Gasteiger charge is -2.15. The van der Waals surface area contributed by atoms with Gasteiger partial charge in [-0.25, -0.2) is 5.43 Å². The molecule has 0 fully saturated rings. The van der Waals surface area contributed by atoms with Gasteiger partial charge in [0.2, 0.25) is 0 Å². The van der Waals surface area contributed by atoms with Crippen LogP contribution >= 0.6 is 0 Å². The van der Waals surface area contributed by atoms with Crippen LogP contribution in [0.5, 0.6) is 0 Å². The molecule has 0 atom stereocenters. The van der Waals surface area contributed by atoms with Gasteiger partial charge in [-0.1, -0.05) is 24.3 Å². The fourth-order valence-corrected chi connectivity index (χ4v) is 2.98. The molecule has 0 bridgehead atoms. The smallest absolute Gasteiger partial charge is 0.289 e. The van der Waals surface area contributed by atoms with E-state index in [-0.39, 0.29) is 5.91 Å². The molecule has 0 radical (unpaired) electrons. The van der Waals surface area contributed by atoms with Crippen LogP contribution in [0.25, 0.3) is 11.3 Å². The second-order valence-corrected chi connectivity index (χ2v) is 5.70. The number of hydrogen-bond acceptors (Lipinski definition) is 4. The van der Waals surface area contributed by atoms with E-state index in [0.717, 1.165) is 29.7 Å². The minimum absolute atomic E-state index is 0.297. The number of aryl methyl sites for hydroxylation is 1. The van der Waals surface area contributed by atoms with E-state index in [1.54, 1.807) is 25.3 Å². The van der Waals surface area contributed by atoms with Crippen LogP contribution in [0.1, 0.15) is 34.3 Å². The van der Waals surface area contributed by atoms with Gasteiger partial charge >= 0.3 is 0 Å². The van der Waals surface area contributed by atoms with Crippen LogP contribution in [-0.2, 0) is 12.8 Å². The van der Waals surface area contributed by atoms with E-state index < -0.39 is 0 Å². The van der Waals surface area contributed by atoms with Crippen LogP contribution in [0, 0.1) is 0 Å². The second-order valence-electron chi connectivity index (χ2n) is 5.70. The highest BCUT2D eigenvalue weighted by molar-refractivity contribution is 5.99. The predicted octanol–water partition coefficient (Wildman–Crippen LogP) is 2.92. The number of aromatic amines is 1. The van der Waals surface area contributed by atoms with Gasteiger partial charge in [0.15, 0.2) is 0 Å². The van der Waals surface area contributed by atoms with E-state index >= 15 is 0 Å². The highest BCUT2D eigenvalue weighted by Crippen LogP contribution is 2.33. The molecular weight excluding hydrogens is 304 g/mol. The number of nitrogens with zero attached hydrogens (tertiary/aromatic N) is 2. The van der Waals surface area contributed by atoms with Gasteiger partial charge in [0, 0.05) is 11.1 Å². The number of fused-ring (bicyclic) bond motifs is 3. The van der Waals surface area contributed by atoms with Crippen LogP contribution in [0.4, 0.5) is 0 Å². The lowest BCUT2D eigenvalue weighted by molar-refractivity contribution is 0.0949. The maximum Gasteiger partial charge on any atom is 0.289 e. The van der Waals surface area contributed by atoms with Crippen LogP contribution in [0.2, 0.25) is 0 Å². The molecule has 1 aliphatic carbocycles. The number of benzene rings is 1. The molecule has 2 aromatic heterocycles. The SMILES string of the molecule is C/C(=N/NC(=O)c1[nH]nc2c1CCc1ccccc1-2)c1ccco1. The van der Waals surface area contributed by atoms with Gasteiger partial charge in [0.1, 0.15) is 17.2 Å². The Morgan fingerprint density at radius 1 is 1.25 bits per heavy atom. The van der Waals surface area contributed by atoms with E-state index in [4.69, 9.17) is 4.42 Å². The van der Waals surface area contributed by atoms with E-state index in [1.165, 1.54) is 5.56 Å². The standard InChI is InChI=1S/C18H16N4O2/c1-11(15-7-4-10-24-15)19-22-18(23)17-14-9-8-12-5-2-3-6-13(12)16(14)20-21-17/h2-7,10H,8-9H2,1H3,(H,20,21)(H,22,23)/b19-11-. The summed E-state index contributed by atoms with van der Waals surface area (Å²) in [6.45, 7) is 1.78. The predicted molar refractivity (Wildman–Crippen MR) is 89.8 cm³/mol. The molecule has 2 heterocycles. The zero-order valence-corrected chi connectivity index (χ0v) is 13.2. The number of H-pyrrole nitrogens is 1. The van der Waals surface area contributed by atoms with E-state index in [2.05, 4.69) is 26.8 Å². The number of furan rings is 1. The summed E-state index contributed by atoms with van der Waals surface area (Å²) in [5.74, 6) is 0.324. The number of carbonyl (C=O) groups is 1. The van der Waals surface area contributed by atoms with Crippen molar-refractivity contribution in [2.75, 3.05) is 0 Å². The summed E-state index contributed by atoms with van der Waals surface area (Å²) >= 11 is 0. The van der Waals surface area contributed by atoms with Crippen molar-refractivity contribution in [3.05, 3.63) is 65.2 Å². The molecule has 4 rings (SSSR count). The summed E-state index contributed by atoms with van der Waals surface area (Å²) in [6, 6.07) is 11.7. The summed E-state index contributed by atoms with van der Waals surface area (Å²) in [5, 5.41) is 11.3. The average Bonchev–Trinajstić information content (AvgIpc) is 3.28. The summed E-state index contributed by atoms with van der Waals surface area (Å²) in [5.41, 5.74) is 7.78. The van der Waals surface area contributed by atoms with Crippen molar-refractivity contribution < 1.29 is 9.21 Å². The molecule has 6 heteroatoms. The van der Waals surface area contributed by atoms with Crippen molar-refractivity contribution in [1.29, 1.82) is 0 Å². The lowest BCUT2D eigenvalue weighted by atomic mass is 9.89.